The van der Waals surface area contributed by atoms with E-state index in [-0.39, 0.29) is 36.0 Å². The SMILES string of the molecule is COc1ccccc1N1CCN(CC#CC2(C)CCCC(C)(C)O2)CC1.Cl.Cl. The maximum absolute atomic E-state index is 6.24. The lowest BCUT2D eigenvalue weighted by Crippen LogP contribution is -2.46. The molecule has 1 atom stereocenters. The van der Waals surface area contributed by atoms with E-state index >= 15 is 0 Å². The first-order valence-corrected chi connectivity index (χ1v) is 9.71. The van der Waals surface area contributed by atoms with Crippen LogP contribution in [-0.2, 0) is 4.74 Å². The van der Waals surface area contributed by atoms with E-state index in [9.17, 15) is 0 Å². The molecule has 28 heavy (non-hydrogen) atoms. The maximum atomic E-state index is 6.24. The molecule has 1 aromatic rings. The van der Waals surface area contributed by atoms with Crippen LogP contribution in [0, 0.1) is 11.8 Å². The van der Waals surface area contributed by atoms with Crippen molar-refractivity contribution in [3.63, 3.8) is 0 Å². The Morgan fingerprint density at radius 2 is 1.71 bits per heavy atom. The molecule has 1 unspecified atom stereocenters. The van der Waals surface area contributed by atoms with Crippen molar-refractivity contribution < 1.29 is 9.47 Å². The molecule has 0 amide bonds. The summed E-state index contributed by atoms with van der Waals surface area (Å²) in [6.07, 6.45) is 3.34. The summed E-state index contributed by atoms with van der Waals surface area (Å²) >= 11 is 0. The molecule has 0 aromatic heterocycles. The Morgan fingerprint density at radius 3 is 2.36 bits per heavy atom. The van der Waals surface area contributed by atoms with Crippen molar-refractivity contribution >= 4 is 30.5 Å². The molecule has 0 N–H and O–H groups in total. The third kappa shape index (κ3) is 6.46. The summed E-state index contributed by atoms with van der Waals surface area (Å²) < 4.78 is 11.7. The van der Waals surface area contributed by atoms with Gasteiger partial charge in [0, 0.05) is 26.2 Å². The normalized spacial score (nSPS) is 24.2. The molecule has 0 spiro atoms. The number of nitrogens with zero attached hydrogens (tertiary/aromatic N) is 2. The second kappa shape index (κ2) is 10.6. The molecule has 0 bridgehead atoms. The zero-order valence-corrected chi connectivity index (χ0v) is 19.1. The van der Waals surface area contributed by atoms with E-state index in [1.54, 1.807) is 7.11 Å². The second-order valence-corrected chi connectivity index (χ2v) is 8.18. The van der Waals surface area contributed by atoms with E-state index < -0.39 is 0 Å². The Morgan fingerprint density at radius 1 is 1.04 bits per heavy atom. The summed E-state index contributed by atoms with van der Waals surface area (Å²) in [6, 6.07) is 8.25. The Bertz CT molecular complexity index is 679. The second-order valence-electron chi connectivity index (χ2n) is 8.18. The van der Waals surface area contributed by atoms with Crippen molar-refractivity contribution in [2.75, 3.05) is 44.7 Å². The van der Waals surface area contributed by atoms with Gasteiger partial charge in [-0.25, -0.2) is 0 Å². The molecule has 1 aromatic carbocycles. The van der Waals surface area contributed by atoms with Gasteiger partial charge in [0.2, 0.25) is 0 Å². The zero-order chi connectivity index (χ0) is 18.6. The number of piperazine rings is 1. The summed E-state index contributed by atoms with van der Waals surface area (Å²) in [4.78, 5) is 4.83. The highest BCUT2D eigenvalue weighted by molar-refractivity contribution is 5.85. The van der Waals surface area contributed by atoms with E-state index in [0.29, 0.717) is 0 Å². The standard InChI is InChI=1S/C22H32N2O2.2ClH/c1-21(2)11-7-12-22(3,26-21)13-8-14-23-15-17-24(18-16-23)19-9-5-6-10-20(19)25-4;;/h5-6,9-10H,7,11-12,14-18H2,1-4H3;2*1H. The first-order chi connectivity index (χ1) is 12.4. The van der Waals surface area contributed by atoms with Gasteiger partial charge >= 0.3 is 0 Å². The lowest BCUT2D eigenvalue weighted by Gasteiger charge is -2.40. The topological polar surface area (TPSA) is 24.9 Å². The highest BCUT2D eigenvalue weighted by Gasteiger charge is 2.35. The van der Waals surface area contributed by atoms with Gasteiger partial charge in [-0.15, -0.1) is 24.8 Å². The molecule has 2 heterocycles. The van der Waals surface area contributed by atoms with Crippen molar-refractivity contribution in [1.82, 2.24) is 4.90 Å². The van der Waals surface area contributed by atoms with Crippen LogP contribution in [0.4, 0.5) is 5.69 Å². The highest BCUT2D eigenvalue weighted by atomic mass is 35.5. The predicted octanol–water partition coefficient (Wildman–Crippen LogP) is 4.40. The fraction of sp³-hybridized carbons (Fsp3) is 0.636. The Kier molecular flexibility index (Phi) is 9.43. The molecular weight excluding hydrogens is 395 g/mol. The lowest BCUT2D eigenvalue weighted by atomic mass is 9.88. The monoisotopic (exact) mass is 428 g/mol. The third-order valence-corrected chi connectivity index (χ3v) is 5.39. The molecule has 4 nitrogen and oxygen atoms in total. The third-order valence-electron chi connectivity index (χ3n) is 5.39. The minimum absolute atomic E-state index is 0. The van der Waals surface area contributed by atoms with Gasteiger partial charge in [0.15, 0.2) is 0 Å². The maximum Gasteiger partial charge on any atom is 0.142 e. The van der Waals surface area contributed by atoms with Crippen LogP contribution >= 0.6 is 24.8 Å². The molecule has 2 aliphatic rings. The van der Waals surface area contributed by atoms with Crippen molar-refractivity contribution in [1.29, 1.82) is 0 Å². The van der Waals surface area contributed by atoms with Gasteiger partial charge < -0.3 is 14.4 Å². The lowest BCUT2D eigenvalue weighted by molar-refractivity contribution is -0.135. The summed E-state index contributed by atoms with van der Waals surface area (Å²) in [7, 11) is 1.74. The number of anilines is 1. The van der Waals surface area contributed by atoms with E-state index in [4.69, 9.17) is 9.47 Å². The zero-order valence-electron chi connectivity index (χ0n) is 17.5. The van der Waals surface area contributed by atoms with Gasteiger partial charge in [-0.1, -0.05) is 24.0 Å². The van der Waals surface area contributed by atoms with Crippen molar-refractivity contribution in [2.24, 2.45) is 0 Å². The largest absolute Gasteiger partial charge is 0.495 e. The average Bonchev–Trinajstić information content (AvgIpc) is 2.61. The van der Waals surface area contributed by atoms with Crippen LogP contribution in [0.1, 0.15) is 40.0 Å². The molecule has 0 radical (unpaired) electrons. The van der Waals surface area contributed by atoms with Gasteiger partial charge in [0.1, 0.15) is 11.4 Å². The number of hydrogen-bond acceptors (Lipinski definition) is 4. The van der Waals surface area contributed by atoms with Crippen LogP contribution in [0.15, 0.2) is 24.3 Å². The summed E-state index contributed by atoms with van der Waals surface area (Å²) in [5, 5.41) is 0. The van der Waals surface area contributed by atoms with Crippen LogP contribution in [0.3, 0.4) is 0 Å². The fourth-order valence-corrected chi connectivity index (χ4v) is 4.03. The van der Waals surface area contributed by atoms with E-state index in [1.807, 2.05) is 12.1 Å². The van der Waals surface area contributed by atoms with Crippen molar-refractivity contribution in [2.45, 2.75) is 51.2 Å². The molecule has 2 aliphatic heterocycles. The first kappa shape index (κ1) is 24.9. The number of hydrogen-bond donors (Lipinski definition) is 0. The smallest absolute Gasteiger partial charge is 0.142 e. The van der Waals surface area contributed by atoms with Gasteiger partial charge in [0.25, 0.3) is 0 Å². The number of benzene rings is 1. The fourth-order valence-electron chi connectivity index (χ4n) is 4.03. The minimum Gasteiger partial charge on any atom is -0.495 e. The molecule has 2 saturated heterocycles. The Hall–Kier alpha value is -1.12. The van der Waals surface area contributed by atoms with Crippen LogP contribution in [-0.4, -0.2) is 55.9 Å². The van der Waals surface area contributed by atoms with E-state index in [0.717, 1.165) is 51.3 Å². The van der Waals surface area contributed by atoms with E-state index in [2.05, 4.69) is 54.5 Å². The molecule has 0 saturated carbocycles. The van der Waals surface area contributed by atoms with E-state index in [1.165, 1.54) is 12.1 Å². The van der Waals surface area contributed by atoms with Crippen LogP contribution in [0.25, 0.3) is 0 Å². The van der Waals surface area contributed by atoms with Crippen LogP contribution in [0.5, 0.6) is 5.75 Å². The Labute approximate surface area is 182 Å². The number of para-hydroxylation sites is 2. The molecule has 2 fully saturated rings. The van der Waals surface area contributed by atoms with Gasteiger partial charge in [0.05, 0.1) is 24.9 Å². The van der Waals surface area contributed by atoms with Crippen LogP contribution in [0.2, 0.25) is 0 Å². The number of methoxy groups -OCH3 is 1. The number of ether oxygens (including phenoxy) is 2. The molecule has 6 heteroatoms. The van der Waals surface area contributed by atoms with Gasteiger partial charge in [-0.05, 0) is 52.2 Å². The molecular formula is C22H34Cl2N2O2. The summed E-state index contributed by atoms with van der Waals surface area (Å²) in [5.74, 6) is 7.75. The summed E-state index contributed by atoms with van der Waals surface area (Å²) in [6.45, 7) is 11.4. The minimum atomic E-state index is -0.291. The predicted molar refractivity (Wildman–Crippen MR) is 121 cm³/mol. The van der Waals surface area contributed by atoms with Crippen molar-refractivity contribution in [3.8, 4) is 17.6 Å². The first-order valence-electron chi connectivity index (χ1n) is 9.71. The summed E-state index contributed by atoms with van der Waals surface area (Å²) in [5.41, 5.74) is 0.842. The van der Waals surface area contributed by atoms with Gasteiger partial charge in [-0.2, -0.15) is 0 Å². The highest BCUT2D eigenvalue weighted by Crippen LogP contribution is 2.34. The number of halogens is 2. The molecule has 0 aliphatic carbocycles. The Balaban J connectivity index is 0.00000196. The average molecular weight is 429 g/mol. The van der Waals surface area contributed by atoms with Crippen molar-refractivity contribution in [3.05, 3.63) is 24.3 Å². The molecule has 3 rings (SSSR count). The van der Waals surface area contributed by atoms with Gasteiger partial charge in [-0.3, -0.25) is 4.90 Å². The molecule has 158 valence electrons. The van der Waals surface area contributed by atoms with Crippen LogP contribution < -0.4 is 9.64 Å². The quantitative estimate of drug-likeness (QED) is 0.665. The number of rotatable bonds is 3.